The molecule has 1 aromatic heterocycles. The second-order valence-corrected chi connectivity index (χ2v) is 3.20. The van der Waals surface area contributed by atoms with Gasteiger partial charge in [-0.05, 0) is 18.2 Å². The summed E-state index contributed by atoms with van der Waals surface area (Å²) in [5.41, 5.74) is 6.18. The van der Waals surface area contributed by atoms with Gasteiger partial charge in [-0.2, -0.15) is 0 Å². The van der Waals surface area contributed by atoms with Gasteiger partial charge in [-0.25, -0.2) is 9.37 Å². The molecule has 0 aliphatic rings. The number of benzene rings is 1. The van der Waals surface area contributed by atoms with Gasteiger partial charge in [0.1, 0.15) is 17.3 Å². The second-order valence-electron chi connectivity index (χ2n) is 2.81. The average Bonchev–Trinajstić information content (AvgIpc) is 2.51. The Hall–Kier alpha value is -1.55. The zero-order valence-corrected chi connectivity index (χ0v) is 7.87. The number of imidazole rings is 1. The summed E-state index contributed by atoms with van der Waals surface area (Å²) in [5, 5.41) is 0.321. The first-order valence-corrected chi connectivity index (χ1v) is 4.29. The van der Waals surface area contributed by atoms with Crippen LogP contribution in [-0.2, 0) is 0 Å². The number of anilines is 1. The van der Waals surface area contributed by atoms with E-state index in [4.69, 9.17) is 17.3 Å². The molecule has 1 aromatic carbocycles. The van der Waals surface area contributed by atoms with Gasteiger partial charge >= 0.3 is 0 Å². The van der Waals surface area contributed by atoms with Gasteiger partial charge in [0.05, 0.1) is 5.69 Å². The number of rotatable bonds is 1. The fraction of sp³-hybridized carbons (Fsp3) is 0. The third kappa shape index (κ3) is 1.56. The molecule has 3 nitrogen and oxygen atoms in total. The molecule has 72 valence electrons. The zero-order valence-electron chi connectivity index (χ0n) is 7.11. The highest BCUT2D eigenvalue weighted by atomic mass is 35.5. The summed E-state index contributed by atoms with van der Waals surface area (Å²) in [4.78, 5) is 3.79. The van der Waals surface area contributed by atoms with Crippen molar-refractivity contribution in [3.8, 4) is 5.69 Å². The van der Waals surface area contributed by atoms with Crippen LogP contribution in [0.5, 0.6) is 0 Å². The standard InChI is InChI=1S/C9H7ClFN3/c10-9-4-14(5-13-9)8-2-1-6(12)3-7(8)11/h1-5H,12H2. The van der Waals surface area contributed by atoms with Gasteiger partial charge in [-0.15, -0.1) is 0 Å². The number of hydrogen-bond donors (Lipinski definition) is 1. The molecule has 0 spiro atoms. The Labute approximate surface area is 84.9 Å². The van der Waals surface area contributed by atoms with E-state index in [1.807, 2.05) is 0 Å². The Kier molecular flexibility index (Phi) is 2.13. The maximum absolute atomic E-state index is 13.4. The van der Waals surface area contributed by atoms with Crippen LogP contribution in [0.2, 0.25) is 5.15 Å². The van der Waals surface area contributed by atoms with E-state index in [1.165, 1.54) is 23.2 Å². The summed E-state index contributed by atoms with van der Waals surface area (Å²) >= 11 is 5.61. The van der Waals surface area contributed by atoms with E-state index in [9.17, 15) is 4.39 Å². The van der Waals surface area contributed by atoms with E-state index in [-0.39, 0.29) is 0 Å². The van der Waals surface area contributed by atoms with Crippen molar-refractivity contribution in [2.75, 3.05) is 5.73 Å². The Morgan fingerprint density at radius 2 is 2.21 bits per heavy atom. The van der Waals surface area contributed by atoms with Crippen LogP contribution in [0.25, 0.3) is 5.69 Å². The third-order valence-corrected chi connectivity index (χ3v) is 2.00. The van der Waals surface area contributed by atoms with Crippen molar-refractivity contribution in [3.63, 3.8) is 0 Å². The van der Waals surface area contributed by atoms with Crippen LogP contribution < -0.4 is 5.73 Å². The summed E-state index contributed by atoms with van der Waals surface area (Å²) in [6, 6.07) is 4.44. The number of nitrogens with two attached hydrogens (primary N) is 1. The molecule has 2 rings (SSSR count). The molecule has 1 heterocycles. The highest BCUT2D eigenvalue weighted by Gasteiger charge is 2.05. The summed E-state index contributed by atoms with van der Waals surface area (Å²) in [5.74, 6) is -0.404. The molecule has 0 aliphatic carbocycles. The quantitative estimate of drug-likeness (QED) is 0.736. The highest BCUT2D eigenvalue weighted by Crippen LogP contribution is 2.17. The van der Waals surface area contributed by atoms with E-state index >= 15 is 0 Å². The van der Waals surface area contributed by atoms with Crippen molar-refractivity contribution >= 4 is 17.3 Å². The number of aromatic nitrogens is 2. The minimum Gasteiger partial charge on any atom is -0.399 e. The van der Waals surface area contributed by atoms with E-state index in [2.05, 4.69) is 4.98 Å². The van der Waals surface area contributed by atoms with Crippen LogP contribution in [0.1, 0.15) is 0 Å². The Morgan fingerprint density at radius 3 is 2.79 bits per heavy atom. The average molecular weight is 212 g/mol. The van der Waals surface area contributed by atoms with Gasteiger partial charge in [0.15, 0.2) is 0 Å². The lowest BCUT2D eigenvalue weighted by molar-refractivity contribution is 0.619. The largest absolute Gasteiger partial charge is 0.399 e. The molecule has 0 amide bonds. The molecule has 0 radical (unpaired) electrons. The first kappa shape index (κ1) is 9.02. The fourth-order valence-corrected chi connectivity index (χ4v) is 1.31. The molecule has 2 aromatic rings. The van der Waals surface area contributed by atoms with E-state index in [1.54, 1.807) is 12.1 Å². The summed E-state index contributed by atoms with van der Waals surface area (Å²) in [6.45, 7) is 0. The van der Waals surface area contributed by atoms with Crippen LogP contribution in [0.15, 0.2) is 30.7 Å². The van der Waals surface area contributed by atoms with Gasteiger partial charge in [0, 0.05) is 11.9 Å². The van der Waals surface area contributed by atoms with Crippen molar-refractivity contribution < 1.29 is 4.39 Å². The topological polar surface area (TPSA) is 43.8 Å². The number of halogens is 2. The fourth-order valence-electron chi connectivity index (χ4n) is 1.16. The van der Waals surface area contributed by atoms with Crippen molar-refractivity contribution in [3.05, 3.63) is 41.7 Å². The monoisotopic (exact) mass is 211 g/mol. The smallest absolute Gasteiger partial charge is 0.149 e. The molecule has 0 fully saturated rings. The van der Waals surface area contributed by atoms with Crippen LogP contribution in [0.4, 0.5) is 10.1 Å². The molecule has 0 saturated heterocycles. The Balaban J connectivity index is 2.52. The van der Waals surface area contributed by atoms with Gasteiger partial charge in [0.2, 0.25) is 0 Å². The van der Waals surface area contributed by atoms with Crippen molar-refractivity contribution in [1.82, 2.24) is 9.55 Å². The van der Waals surface area contributed by atoms with E-state index < -0.39 is 5.82 Å². The summed E-state index contributed by atoms with van der Waals surface area (Å²) in [7, 11) is 0. The minimum atomic E-state index is -0.404. The highest BCUT2D eigenvalue weighted by molar-refractivity contribution is 6.29. The van der Waals surface area contributed by atoms with Gasteiger partial charge in [-0.3, -0.25) is 0 Å². The number of nitrogen functional groups attached to an aromatic ring is 1. The molecular formula is C9H7ClFN3. The maximum atomic E-state index is 13.4. The van der Waals surface area contributed by atoms with Crippen LogP contribution in [0, 0.1) is 5.82 Å². The second kappa shape index (κ2) is 3.31. The van der Waals surface area contributed by atoms with Crippen molar-refractivity contribution in [1.29, 1.82) is 0 Å². The Morgan fingerprint density at radius 1 is 1.43 bits per heavy atom. The predicted octanol–water partition coefficient (Wildman–Crippen LogP) is 2.25. The minimum absolute atomic E-state index is 0.321. The lowest BCUT2D eigenvalue weighted by Crippen LogP contribution is -1.96. The third-order valence-electron chi connectivity index (χ3n) is 1.80. The summed E-state index contributed by atoms with van der Waals surface area (Å²) in [6.07, 6.45) is 2.97. The normalized spacial score (nSPS) is 10.4. The maximum Gasteiger partial charge on any atom is 0.149 e. The first-order chi connectivity index (χ1) is 6.66. The zero-order chi connectivity index (χ0) is 10.1. The van der Waals surface area contributed by atoms with Crippen molar-refractivity contribution in [2.45, 2.75) is 0 Å². The van der Waals surface area contributed by atoms with Crippen LogP contribution in [-0.4, -0.2) is 9.55 Å². The molecule has 0 atom stereocenters. The summed E-state index contributed by atoms with van der Waals surface area (Å²) < 4.78 is 14.9. The van der Waals surface area contributed by atoms with Gasteiger partial charge in [-0.1, -0.05) is 11.6 Å². The molecule has 14 heavy (non-hydrogen) atoms. The molecule has 0 unspecified atom stereocenters. The molecule has 0 aliphatic heterocycles. The lowest BCUT2D eigenvalue weighted by atomic mass is 10.2. The van der Waals surface area contributed by atoms with Crippen LogP contribution in [0.3, 0.4) is 0 Å². The predicted molar refractivity (Wildman–Crippen MR) is 52.9 cm³/mol. The van der Waals surface area contributed by atoms with E-state index in [0.717, 1.165) is 0 Å². The molecule has 5 heteroatoms. The first-order valence-electron chi connectivity index (χ1n) is 3.92. The van der Waals surface area contributed by atoms with Crippen LogP contribution >= 0.6 is 11.6 Å². The SMILES string of the molecule is Nc1ccc(-n2cnc(Cl)c2)c(F)c1. The van der Waals surface area contributed by atoms with E-state index in [0.29, 0.717) is 16.5 Å². The van der Waals surface area contributed by atoms with Gasteiger partial charge in [0.25, 0.3) is 0 Å². The Bertz CT molecular complexity index is 467. The molecule has 0 saturated carbocycles. The molecule has 0 bridgehead atoms. The van der Waals surface area contributed by atoms with Crippen molar-refractivity contribution in [2.24, 2.45) is 0 Å². The lowest BCUT2D eigenvalue weighted by Gasteiger charge is -2.03. The van der Waals surface area contributed by atoms with Gasteiger partial charge < -0.3 is 10.3 Å². The number of nitrogens with zero attached hydrogens (tertiary/aromatic N) is 2. The molecular weight excluding hydrogens is 205 g/mol. The number of hydrogen-bond acceptors (Lipinski definition) is 2. The molecule has 2 N–H and O–H groups in total.